The summed E-state index contributed by atoms with van der Waals surface area (Å²) in [7, 11) is 1.80. The Bertz CT molecular complexity index is 488. The summed E-state index contributed by atoms with van der Waals surface area (Å²) in [6.07, 6.45) is 1.68. The standard InChI is InChI=1S/C12H18N4O4/c1-15-3-2-9(14-15)7-13-12(19)16-4-5-20-8-10(16)6-11(17)18/h2-3,10H,4-8H2,1H3,(H,13,19)(H,17,18). The fraction of sp³-hybridized carbons (Fsp3) is 0.583. The van der Waals surface area contributed by atoms with Crippen molar-refractivity contribution in [2.45, 2.75) is 19.0 Å². The molecule has 0 aromatic carbocycles. The number of hydrogen-bond acceptors (Lipinski definition) is 4. The van der Waals surface area contributed by atoms with Crippen LogP contribution in [0.2, 0.25) is 0 Å². The monoisotopic (exact) mass is 282 g/mol. The van der Waals surface area contributed by atoms with Crippen LogP contribution in [0.25, 0.3) is 0 Å². The fourth-order valence-corrected chi connectivity index (χ4v) is 2.12. The largest absolute Gasteiger partial charge is 0.481 e. The van der Waals surface area contributed by atoms with Gasteiger partial charge in [-0.05, 0) is 6.07 Å². The van der Waals surface area contributed by atoms with E-state index in [2.05, 4.69) is 10.4 Å². The number of hydrogen-bond donors (Lipinski definition) is 2. The smallest absolute Gasteiger partial charge is 0.318 e. The van der Waals surface area contributed by atoms with E-state index in [0.29, 0.717) is 19.7 Å². The Balaban J connectivity index is 1.90. The maximum Gasteiger partial charge on any atom is 0.318 e. The molecule has 8 nitrogen and oxygen atoms in total. The molecular formula is C12H18N4O4. The number of morpholine rings is 1. The van der Waals surface area contributed by atoms with Gasteiger partial charge in [0.1, 0.15) is 0 Å². The van der Waals surface area contributed by atoms with Crippen molar-refractivity contribution in [1.82, 2.24) is 20.0 Å². The van der Waals surface area contributed by atoms with E-state index in [-0.39, 0.29) is 19.1 Å². The molecule has 0 saturated carbocycles. The zero-order valence-electron chi connectivity index (χ0n) is 11.3. The van der Waals surface area contributed by atoms with E-state index in [1.54, 1.807) is 17.9 Å². The van der Waals surface area contributed by atoms with Crippen LogP contribution in [-0.2, 0) is 23.1 Å². The molecule has 8 heteroatoms. The quantitative estimate of drug-likeness (QED) is 0.797. The maximum absolute atomic E-state index is 12.1. The highest BCUT2D eigenvalue weighted by Gasteiger charge is 2.29. The predicted molar refractivity (Wildman–Crippen MR) is 69.0 cm³/mol. The van der Waals surface area contributed by atoms with E-state index >= 15 is 0 Å². The van der Waals surface area contributed by atoms with E-state index in [1.165, 1.54) is 4.90 Å². The summed E-state index contributed by atoms with van der Waals surface area (Å²) in [4.78, 5) is 24.4. The summed E-state index contributed by atoms with van der Waals surface area (Å²) >= 11 is 0. The first-order chi connectivity index (χ1) is 9.56. The Morgan fingerprint density at radius 2 is 2.40 bits per heavy atom. The molecule has 2 rings (SSSR count). The topological polar surface area (TPSA) is 96.7 Å². The van der Waals surface area contributed by atoms with Crippen LogP contribution < -0.4 is 5.32 Å². The number of carbonyl (C=O) groups is 2. The first kappa shape index (κ1) is 14.3. The lowest BCUT2D eigenvalue weighted by Crippen LogP contribution is -2.53. The lowest BCUT2D eigenvalue weighted by atomic mass is 10.1. The summed E-state index contributed by atoms with van der Waals surface area (Å²) < 4.78 is 6.89. The Hall–Kier alpha value is -2.09. The molecule has 1 aliphatic rings. The number of carbonyl (C=O) groups excluding carboxylic acids is 1. The van der Waals surface area contributed by atoms with Gasteiger partial charge in [0.05, 0.1) is 37.9 Å². The molecule has 2 amide bonds. The molecule has 1 atom stereocenters. The summed E-state index contributed by atoms with van der Waals surface area (Å²) in [6, 6.07) is 1.10. The number of carboxylic acid groups (broad SMARTS) is 1. The van der Waals surface area contributed by atoms with Gasteiger partial charge < -0.3 is 20.1 Å². The number of aryl methyl sites for hydroxylation is 1. The normalized spacial score (nSPS) is 18.9. The van der Waals surface area contributed by atoms with Crippen molar-refractivity contribution in [2.24, 2.45) is 7.05 Å². The molecule has 0 spiro atoms. The highest BCUT2D eigenvalue weighted by Crippen LogP contribution is 2.11. The van der Waals surface area contributed by atoms with Gasteiger partial charge in [-0.25, -0.2) is 4.79 Å². The number of nitrogens with one attached hydrogen (secondary N) is 1. The Kier molecular flexibility index (Phi) is 4.57. The van der Waals surface area contributed by atoms with Crippen LogP contribution in [0.3, 0.4) is 0 Å². The molecule has 2 heterocycles. The lowest BCUT2D eigenvalue weighted by Gasteiger charge is -2.34. The van der Waals surface area contributed by atoms with E-state index in [0.717, 1.165) is 5.69 Å². The third-order valence-corrected chi connectivity index (χ3v) is 3.09. The van der Waals surface area contributed by atoms with Crippen LogP contribution >= 0.6 is 0 Å². The van der Waals surface area contributed by atoms with E-state index in [1.807, 2.05) is 6.07 Å². The molecule has 0 bridgehead atoms. The number of urea groups is 1. The molecule has 1 saturated heterocycles. The first-order valence-electron chi connectivity index (χ1n) is 6.39. The van der Waals surface area contributed by atoms with Gasteiger partial charge in [0.25, 0.3) is 0 Å². The van der Waals surface area contributed by atoms with Crippen molar-refractivity contribution in [3.63, 3.8) is 0 Å². The fourth-order valence-electron chi connectivity index (χ4n) is 2.12. The van der Waals surface area contributed by atoms with Crippen LogP contribution in [0, 0.1) is 0 Å². The number of aromatic nitrogens is 2. The number of rotatable bonds is 4. The van der Waals surface area contributed by atoms with E-state index < -0.39 is 12.0 Å². The summed E-state index contributed by atoms with van der Waals surface area (Å²) in [5.41, 5.74) is 0.754. The number of aliphatic carboxylic acids is 1. The minimum absolute atomic E-state index is 0.114. The molecule has 1 fully saturated rings. The van der Waals surface area contributed by atoms with Crippen LogP contribution in [0.4, 0.5) is 4.79 Å². The molecule has 110 valence electrons. The maximum atomic E-state index is 12.1. The van der Waals surface area contributed by atoms with Gasteiger partial charge in [-0.3, -0.25) is 9.48 Å². The molecule has 1 unspecified atom stereocenters. The van der Waals surface area contributed by atoms with E-state index in [4.69, 9.17) is 9.84 Å². The summed E-state index contributed by atoms with van der Waals surface area (Å²) in [5, 5.41) is 15.8. The second-order valence-electron chi connectivity index (χ2n) is 4.66. The third kappa shape index (κ3) is 3.70. The zero-order valence-corrected chi connectivity index (χ0v) is 11.3. The van der Waals surface area contributed by atoms with Gasteiger partial charge in [0.2, 0.25) is 0 Å². The van der Waals surface area contributed by atoms with Crippen molar-refractivity contribution < 1.29 is 19.4 Å². The van der Waals surface area contributed by atoms with Crippen LogP contribution in [0.1, 0.15) is 12.1 Å². The number of amides is 2. The van der Waals surface area contributed by atoms with Gasteiger partial charge in [-0.2, -0.15) is 5.10 Å². The molecule has 1 aliphatic heterocycles. The molecule has 20 heavy (non-hydrogen) atoms. The third-order valence-electron chi connectivity index (χ3n) is 3.09. The molecule has 2 N–H and O–H groups in total. The van der Waals surface area contributed by atoms with Crippen LogP contribution in [-0.4, -0.2) is 57.6 Å². The van der Waals surface area contributed by atoms with Gasteiger partial charge in [0, 0.05) is 19.8 Å². The number of carboxylic acids is 1. The second-order valence-corrected chi connectivity index (χ2v) is 4.66. The first-order valence-corrected chi connectivity index (χ1v) is 6.39. The average molecular weight is 282 g/mol. The molecule has 0 radical (unpaired) electrons. The van der Waals surface area contributed by atoms with Crippen molar-refractivity contribution >= 4 is 12.0 Å². The molecule has 1 aromatic rings. The Morgan fingerprint density at radius 3 is 3.05 bits per heavy atom. The van der Waals surface area contributed by atoms with E-state index in [9.17, 15) is 9.59 Å². The minimum atomic E-state index is -0.942. The Morgan fingerprint density at radius 1 is 1.60 bits per heavy atom. The number of nitrogens with zero attached hydrogens (tertiary/aromatic N) is 3. The van der Waals surface area contributed by atoms with Gasteiger partial charge >= 0.3 is 12.0 Å². The highest BCUT2D eigenvalue weighted by molar-refractivity contribution is 5.76. The molecule has 0 aliphatic carbocycles. The number of ether oxygens (including phenoxy) is 1. The van der Waals surface area contributed by atoms with Crippen molar-refractivity contribution in [3.05, 3.63) is 18.0 Å². The van der Waals surface area contributed by atoms with Crippen LogP contribution in [0.15, 0.2) is 12.3 Å². The summed E-state index contributed by atoms with van der Waals surface area (Å²) in [5.74, 6) is -0.942. The predicted octanol–water partition coefficient (Wildman–Crippen LogP) is -0.195. The molecule has 1 aromatic heterocycles. The molecular weight excluding hydrogens is 264 g/mol. The second kappa shape index (κ2) is 6.38. The van der Waals surface area contributed by atoms with Crippen LogP contribution in [0.5, 0.6) is 0 Å². The SMILES string of the molecule is Cn1ccc(CNC(=O)N2CCOCC2CC(=O)O)n1. The Labute approximate surface area is 116 Å². The van der Waals surface area contributed by atoms with Gasteiger partial charge in [-0.15, -0.1) is 0 Å². The van der Waals surface area contributed by atoms with Gasteiger partial charge in [0.15, 0.2) is 0 Å². The van der Waals surface area contributed by atoms with Crippen molar-refractivity contribution in [3.8, 4) is 0 Å². The highest BCUT2D eigenvalue weighted by atomic mass is 16.5. The van der Waals surface area contributed by atoms with Gasteiger partial charge in [-0.1, -0.05) is 0 Å². The van der Waals surface area contributed by atoms with Crippen molar-refractivity contribution in [2.75, 3.05) is 19.8 Å². The lowest BCUT2D eigenvalue weighted by molar-refractivity contribution is -0.139. The van der Waals surface area contributed by atoms with Crippen molar-refractivity contribution in [1.29, 1.82) is 0 Å². The zero-order chi connectivity index (χ0) is 14.5. The minimum Gasteiger partial charge on any atom is -0.481 e. The average Bonchev–Trinajstić information content (AvgIpc) is 2.82. The summed E-state index contributed by atoms with van der Waals surface area (Å²) in [6.45, 7) is 1.39.